The van der Waals surface area contributed by atoms with Gasteiger partial charge in [0, 0.05) is 4.75 Å². The highest BCUT2D eigenvalue weighted by atomic mass is 32.3. The van der Waals surface area contributed by atoms with E-state index in [9.17, 15) is 8.78 Å². The van der Waals surface area contributed by atoms with Gasteiger partial charge in [0.15, 0.2) is 0 Å². The summed E-state index contributed by atoms with van der Waals surface area (Å²) in [6.07, 6.45) is 3.70. The van der Waals surface area contributed by atoms with Gasteiger partial charge in [0.1, 0.15) is 13.2 Å². The summed E-state index contributed by atoms with van der Waals surface area (Å²) in [7, 11) is -1.53. The molecule has 0 atom stereocenters. The highest BCUT2D eigenvalue weighted by Gasteiger charge is 2.35. The van der Waals surface area contributed by atoms with Gasteiger partial charge in [-0.05, 0) is 12.5 Å². The molecule has 0 aromatic heterocycles. The van der Waals surface area contributed by atoms with Gasteiger partial charge in [-0.3, -0.25) is 0 Å². The van der Waals surface area contributed by atoms with Crippen molar-refractivity contribution in [2.45, 2.75) is 31.4 Å². The lowest BCUT2D eigenvalue weighted by Gasteiger charge is -2.44. The zero-order valence-electron chi connectivity index (χ0n) is 9.43. The van der Waals surface area contributed by atoms with Crippen molar-refractivity contribution in [3.63, 3.8) is 0 Å². The second-order valence-electron chi connectivity index (χ2n) is 4.62. The van der Waals surface area contributed by atoms with Crippen LogP contribution in [0.4, 0.5) is 8.78 Å². The van der Waals surface area contributed by atoms with E-state index in [0.717, 1.165) is 0 Å². The Morgan fingerprint density at radius 2 is 1.64 bits per heavy atom. The first kappa shape index (κ1) is 14.1. The molecule has 0 fully saturated rings. The molecule has 5 heteroatoms. The number of alkyl halides is 2. The molecule has 0 saturated carbocycles. The molecule has 0 aromatic rings. The summed E-state index contributed by atoms with van der Waals surface area (Å²) in [5, 5.41) is 8.37. The van der Waals surface area contributed by atoms with E-state index >= 15 is 0 Å². The number of halogens is 2. The predicted octanol–water partition coefficient (Wildman–Crippen LogP) is 2.41. The highest BCUT2D eigenvalue weighted by Crippen LogP contribution is 2.54. The van der Waals surface area contributed by atoms with Gasteiger partial charge in [-0.1, -0.05) is 20.8 Å². The van der Waals surface area contributed by atoms with Gasteiger partial charge in [0.2, 0.25) is 0 Å². The maximum absolute atomic E-state index is 12.7. The fraction of sp³-hybridized carbons (Fsp3) is 1.00. The lowest BCUT2D eigenvalue weighted by Crippen LogP contribution is -2.33. The molecular weight excluding hydrogens is 210 g/mol. The van der Waals surface area contributed by atoms with E-state index < -0.39 is 29.4 Å². The Morgan fingerprint density at radius 1 is 1.21 bits per heavy atom. The Hall–Kier alpha value is 0.130. The fourth-order valence-electron chi connectivity index (χ4n) is 0.456. The van der Waals surface area contributed by atoms with Crippen LogP contribution in [0, 0.1) is 0 Å². The van der Waals surface area contributed by atoms with Crippen LogP contribution in [0.1, 0.15) is 20.8 Å². The van der Waals surface area contributed by atoms with Gasteiger partial charge in [-0.2, -0.15) is 0 Å². The third-order valence-corrected chi connectivity index (χ3v) is 5.93. The molecule has 0 aliphatic rings. The van der Waals surface area contributed by atoms with Crippen molar-refractivity contribution >= 4 is 10.3 Å². The smallest absolute Gasteiger partial charge is 0.294 e. The van der Waals surface area contributed by atoms with Crippen LogP contribution in [0.5, 0.6) is 0 Å². The van der Waals surface area contributed by atoms with Crippen LogP contribution < -0.4 is 0 Å². The summed E-state index contributed by atoms with van der Waals surface area (Å²) in [6.45, 7) is 4.01. The molecule has 1 N–H and O–H groups in total. The summed E-state index contributed by atoms with van der Waals surface area (Å²) in [6, 6.07) is 0. The van der Waals surface area contributed by atoms with Crippen LogP contribution in [0.2, 0.25) is 0 Å². The largest absolute Gasteiger partial charge is 0.390 e. The van der Waals surface area contributed by atoms with E-state index in [1.54, 1.807) is 0 Å². The van der Waals surface area contributed by atoms with E-state index in [2.05, 4.69) is 0 Å². The Kier molecular flexibility index (Phi) is 4.37. The first-order valence-corrected chi connectivity index (χ1v) is 6.75. The van der Waals surface area contributed by atoms with Crippen LogP contribution >= 0.6 is 10.3 Å². The monoisotopic (exact) mass is 230 g/mol. The number of aliphatic hydroxyl groups excluding tert-OH is 1. The molecule has 0 aromatic carbocycles. The first-order valence-electron chi connectivity index (χ1n) is 4.38. The SMILES string of the molecule is CC(C)(C)S(C)(C)OCC(F)(F)CO. The second-order valence-corrected chi connectivity index (χ2v) is 8.55. The Morgan fingerprint density at radius 3 is 1.93 bits per heavy atom. The lowest BCUT2D eigenvalue weighted by atomic mass is 10.3. The van der Waals surface area contributed by atoms with Crippen molar-refractivity contribution < 1.29 is 18.1 Å². The van der Waals surface area contributed by atoms with Crippen molar-refractivity contribution in [2.75, 3.05) is 25.7 Å². The fourth-order valence-corrected chi connectivity index (χ4v) is 1.28. The minimum absolute atomic E-state index is 0.140. The Labute approximate surface area is 86.2 Å². The number of aliphatic hydroxyl groups is 1. The standard InChI is InChI=1S/C9H20F2O2S/c1-8(2,3)14(4,5)13-7-9(10,11)6-12/h12H,6-7H2,1-5H3. The molecule has 0 saturated heterocycles. The summed E-state index contributed by atoms with van der Waals surface area (Å²) < 4.78 is 30.5. The van der Waals surface area contributed by atoms with Gasteiger partial charge >= 0.3 is 0 Å². The molecule has 14 heavy (non-hydrogen) atoms. The molecule has 0 bridgehead atoms. The van der Waals surface area contributed by atoms with Crippen LogP contribution in [-0.2, 0) is 4.18 Å². The molecule has 0 heterocycles. The maximum Gasteiger partial charge on any atom is 0.294 e. The molecule has 0 rings (SSSR count). The van der Waals surface area contributed by atoms with Crippen LogP contribution in [0.25, 0.3) is 0 Å². The average Bonchev–Trinajstić information content (AvgIpc) is 1.99. The van der Waals surface area contributed by atoms with Gasteiger partial charge in [-0.15, -0.1) is 10.3 Å². The third-order valence-electron chi connectivity index (χ3n) is 2.27. The highest BCUT2D eigenvalue weighted by molar-refractivity contribution is 8.29. The van der Waals surface area contributed by atoms with Gasteiger partial charge in [0.25, 0.3) is 5.92 Å². The third kappa shape index (κ3) is 4.11. The molecule has 0 spiro atoms. The Bertz CT molecular complexity index is 188. The quantitative estimate of drug-likeness (QED) is 0.803. The second kappa shape index (κ2) is 4.33. The molecule has 0 unspecified atom stereocenters. The van der Waals surface area contributed by atoms with E-state index in [0.29, 0.717) is 0 Å². The van der Waals surface area contributed by atoms with E-state index in [-0.39, 0.29) is 4.75 Å². The van der Waals surface area contributed by atoms with Crippen LogP contribution in [0.15, 0.2) is 0 Å². The van der Waals surface area contributed by atoms with E-state index in [1.165, 1.54) is 0 Å². The predicted molar refractivity (Wildman–Crippen MR) is 57.2 cm³/mol. The summed E-state index contributed by atoms with van der Waals surface area (Å²) in [5.41, 5.74) is 0. The number of hydrogen-bond donors (Lipinski definition) is 1. The normalized spacial score (nSPS) is 15.7. The molecule has 0 amide bonds. The van der Waals surface area contributed by atoms with Gasteiger partial charge < -0.3 is 9.29 Å². The minimum Gasteiger partial charge on any atom is -0.390 e. The minimum atomic E-state index is -3.13. The van der Waals surface area contributed by atoms with Crippen LogP contribution in [0.3, 0.4) is 0 Å². The van der Waals surface area contributed by atoms with Crippen molar-refractivity contribution in [3.8, 4) is 0 Å². The maximum atomic E-state index is 12.7. The zero-order chi connectivity index (χ0) is 11.6. The average molecular weight is 230 g/mol. The topological polar surface area (TPSA) is 29.5 Å². The molecule has 0 aliphatic carbocycles. The zero-order valence-corrected chi connectivity index (χ0v) is 10.3. The molecule has 0 aliphatic heterocycles. The van der Waals surface area contributed by atoms with Gasteiger partial charge in [0.05, 0.1) is 0 Å². The van der Waals surface area contributed by atoms with Crippen molar-refractivity contribution in [2.24, 2.45) is 0 Å². The van der Waals surface area contributed by atoms with E-state index in [1.807, 2.05) is 33.3 Å². The number of rotatable bonds is 4. The van der Waals surface area contributed by atoms with Crippen LogP contribution in [-0.4, -0.2) is 41.5 Å². The number of hydrogen-bond acceptors (Lipinski definition) is 2. The summed E-state index contributed by atoms with van der Waals surface area (Å²) in [4.78, 5) is 0. The summed E-state index contributed by atoms with van der Waals surface area (Å²) >= 11 is 0. The van der Waals surface area contributed by atoms with E-state index in [4.69, 9.17) is 9.29 Å². The molecular formula is C9H20F2O2S. The first-order chi connectivity index (χ1) is 6.02. The van der Waals surface area contributed by atoms with Crippen molar-refractivity contribution in [3.05, 3.63) is 0 Å². The molecule has 88 valence electrons. The van der Waals surface area contributed by atoms with Gasteiger partial charge in [-0.25, -0.2) is 8.78 Å². The molecule has 0 radical (unpaired) electrons. The lowest BCUT2D eigenvalue weighted by molar-refractivity contribution is -0.0777. The van der Waals surface area contributed by atoms with Crippen molar-refractivity contribution in [1.29, 1.82) is 0 Å². The Balaban J connectivity index is 4.27. The molecule has 2 nitrogen and oxygen atoms in total. The van der Waals surface area contributed by atoms with Crippen molar-refractivity contribution in [1.82, 2.24) is 0 Å². The summed E-state index contributed by atoms with van der Waals surface area (Å²) in [5.74, 6) is -3.13.